The van der Waals surface area contributed by atoms with Gasteiger partial charge >= 0.3 is 0 Å². The minimum Gasteiger partial charge on any atom is -0.497 e. The first kappa shape index (κ1) is 22.1. The first-order valence-corrected chi connectivity index (χ1v) is 10.2. The van der Waals surface area contributed by atoms with Gasteiger partial charge in [0.05, 0.1) is 14.2 Å². The number of rotatable bonds is 9. The van der Waals surface area contributed by atoms with Crippen LogP contribution in [0.5, 0.6) is 11.5 Å². The van der Waals surface area contributed by atoms with E-state index in [0.29, 0.717) is 35.6 Å². The van der Waals surface area contributed by atoms with Crippen molar-refractivity contribution < 1.29 is 19.1 Å². The highest BCUT2D eigenvalue weighted by atomic mass is 16.5. The fraction of sp³-hybridized carbons (Fsp3) is 0.348. The highest BCUT2D eigenvalue weighted by molar-refractivity contribution is 6.07. The molecule has 0 bridgehead atoms. The van der Waals surface area contributed by atoms with Gasteiger partial charge in [-0.1, -0.05) is 6.92 Å². The van der Waals surface area contributed by atoms with Gasteiger partial charge in [-0.3, -0.25) is 14.7 Å². The molecule has 164 valence electrons. The molecular formula is C23H28N4O4. The molecule has 0 spiro atoms. The van der Waals surface area contributed by atoms with Gasteiger partial charge < -0.3 is 19.8 Å². The standard InChI is InChI=1S/C23H28N4O4/c1-6-19-21(14(3)28)13(2)24-22(19)23(29)25-20-11-16(26-27-20)8-7-15-9-17(30-4)12-18(10-15)31-5/h9-12,24H,6-8H2,1-5H3,(H2,25,26,27,29). The number of H-pyrrole nitrogens is 2. The van der Waals surface area contributed by atoms with Gasteiger partial charge in [-0.15, -0.1) is 0 Å². The summed E-state index contributed by atoms with van der Waals surface area (Å²) in [6, 6.07) is 7.57. The lowest BCUT2D eigenvalue weighted by Gasteiger charge is -2.08. The van der Waals surface area contributed by atoms with Gasteiger partial charge in [0.1, 0.15) is 17.2 Å². The lowest BCUT2D eigenvalue weighted by molar-refractivity contribution is 0.101. The zero-order valence-electron chi connectivity index (χ0n) is 18.5. The van der Waals surface area contributed by atoms with Gasteiger partial charge in [0.25, 0.3) is 5.91 Å². The minimum atomic E-state index is -0.317. The zero-order valence-corrected chi connectivity index (χ0v) is 18.5. The Morgan fingerprint density at radius 3 is 2.32 bits per heavy atom. The molecule has 2 aromatic heterocycles. The van der Waals surface area contributed by atoms with Crippen LogP contribution in [0.2, 0.25) is 0 Å². The molecule has 8 heteroatoms. The second-order valence-corrected chi connectivity index (χ2v) is 7.34. The molecular weight excluding hydrogens is 396 g/mol. The highest BCUT2D eigenvalue weighted by Gasteiger charge is 2.22. The summed E-state index contributed by atoms with van der Waals surface area (Å²) in [6.07, 6.45) is 2.04. The van der Waals surface area contributed by atoms with Crippen molar-refractivity contribution in [2.24, 2.45) is 0 Å². The number of methoxy groups -OCH3 is 2. The van der Waals surface area contributed by atoms with E-state index in [1.807, 2.05) is 31.2 Å². The van der Waals surface area contributed by atoms with E-state index in [1.165, 1.54) is 6.92 Å². The Morgan fingerprint density at radius 1 is 1.06 bits per heavy atom. The quantitative estimate of drug-likeness (QED) is 0.452. The predicted molar refractivity (Wildman–Crippen MR) is 118 cm³/mol. The molecule has 31 heavy (non-hydrogen) atoms. The molecule has 0 unspecified atom stereocenters. The Balaban J connectivity index is 1.69. The summed E-state index contributed by atoms with van der Waals surface area (Å²) in [5, 5.41) is 9.96. The van der Waals surface area contributed by atoms with E-state index in [1.54, 1.807) is 21.1 Å². The third-order valence-corrected chi connectivity index (χ3v) is 5.19. The number of Topliss-reactive ketones (excluding diaryl/α,β-unsaturated/α-hetero) is 1. The summed E-state index contributed by atoms with van der Waals surface area (Å²) in [5.74, 6) is 1.54. The van der Waals surface area contributed by atoms with Crippen LogP contribution in [0.4, 0.5) is 5.82 Å². The van der Waals surface area contributed by atoms with Crippen LogP contribution in [0.15, 0.2) is 24.3 Å². The SMILES string of the molecule is CCc1c(C(=O)Nc2cc(CCc3cc(OC)cc(OC)c3)[nH]n2)[nH]c(C)c1C(C)=O. The van der Waals surface area contributed by atoms with Crippen molar-refractivity contribution in [2.45, 2.75) is 40.0 Å². The van der Waals surface area contributed by atoms with Gasteiger partial charge in [0.15, 0.2) is 11.6 Å². The van der Waals surface area contributed by atoms with Gasteiger partial charge in [-0.2, -0.15) is 5.10 Å². The summed E-state index contributed by atoms with van der Waals surface area (Å²) >= 11 is 0. The topological polar surface area (TPSA) is 109 Å². The van der Waals surface area contributed by atoms with Crippen molar-refractivity contribution in [1.82, 2.24) is 15.2 Å². The Kier molecular flexibility index (Phi) is 6.79. The molecule has 3 aromatic rings. The summed E-state index contributed by atoms with van der Waals surface area (Å²) in [4.78, 5) is 27.8. The molecule has 8 nitrogen and oxygen atoms in total. The number of carbonyl (C=O) groups excluding carboxylic acids is 2. The number of ether oxygens (including phenoxy) is 2. The maximum Gasteiger partial charge on any atom is 0.273 e. The van der Waals surface area contributed by atoms with Gasteiger partial charge in [0.2, 0.25) is 0 Å². The maximum absolute atomic E-state index is 12.8. The average Bonchev–Trinajstić information content (AvgIpc) is 3.35. The number of aromatic nitrogens is 3. The van der Waals surface area contributed by atoms with Gasteiger partial charge in [-0.25, -0.2) is 0 Å². The molecule has 0 aliphatic heterocycles. The third kappa shape index (κ3) is 4.96. The molecule has 0 aliphatic carbocycles. The van der Waals surface area contributed by atoms with Gasteiger partial charge in [-0.05, 0) is 56.4 Å². The van der Waals surface area contributed by atoms with Crippen molar-refractivity contribution in [3.8, 4) is 11.5 Å². The number of aryl methyl sites for hydroxylation is 3. The highest BCUT2D eigenvalue weighted by Crippen LogP contribution is 2.24. The molecule has 0 fully saturated rings. The van der Waals surface area contributed by atoms with Crippen molar-refractivity contribution in [2.75, 3.05) is 19.5 Å². The number of hydrogen-bond acceptors (Lipinski definition) is 5. The number of carbonyl (C=O) groups is 2. The summed E-state index contributed by atoms with van der Waals surface area (Å²) < 4.78 is 10.6. The third-order valence-electron chi connectivity index (χ3n) is 5.19. The van der Waals surface area contributed by atoms with Crippen molar-refractivity contribution in [3.05, 3.63) is 58.0 Å². The molecule has 1 amide bonds. The number of anilines is 1. The zero-order chi connectivity index (χ0) is 22.5. The monoisotopic (exact) mass is 424 g/mol. The van der Waals surface area contributed by atoms with E-state index < -0.39 is 0 Å². The van der Waals surface area contributed by atoms with E-state index in [2.05, 4.69) is 20.5 Å². The smallest absolute Gasteiger partial charge is 0.273 e. The van der Waals surface area contributed by atoms with E-state index >= 15 is 0 Å². The molecule has 3 rings (SSSR count). The molecule has 0 saturated heterocycles. The van der Waals surface area contributed by atoms with E-state index in [-0.39, 0.29) is 11.7 Å². The molecule has 0 saturated carbocycles. The number of benzene rings is 1. The Hall–Kier alpha value is -3.55. The second kappa shape index (κ2) is 9.51. The lowest BCUT2D eigenvalue weighted by atomic mass is 10.0. The van der Waals surface area contributed by atoms with Crippen molar-refractivity contribution in [3.63, 3.8) is 0 Å². The molecule has 0 aliphatic rings. The number of aromatic amines is 2. The van der Waals surface area contributed by atoms with Crippen LogP contribution in [-0.2, 0) is 19.3 Å². The van der Waals surface area contributed by atoms with Crippen LogP contribution in [0.3, 0.4) is 0 Å². The normalized spacial score (nSPS) is 10.7. The second-order valence-electron chi connectivity index (χ2n) is 7.34. The summed E-state index contributed by atoms with van der Waals surface area (Å²) in [7, 11) is 3.24. The Labute approximate surface area is 181 Å². The number of amides is 1. The maximum atomic E-state index is 12.8. The number of nitrogens with one attached hydrogen (secondary N) is 3. The van der Waals surface area contributed by atoms with Crippen LogP contribution >= 0.6 is 0 Å². The van der Waals surface area contributed by atoms with Crippen LogP contribution in [0.1, 0.15) is 57.2 Å². The van der Waals surface area contributed by atoms with E-state index in [4.69, 9.17) is 9.47 Å². The fourth-order valence-corrected chi connectivity index (χ4v) is 3.72. The first-order valence-electron chi connectivity index (χ1n) is 10.2. The largest absolute Gasteiger partial charge is 0.497 e. The van der Waals surface area contributed by atoms with Crippen molar-refractivity contribution in [1.29, 1.82) is 0 Å². The van der Waals surface area contributed by atoms with Crippen LogP contribution in [0.25, 0.3) is 0 Å². The van der Waals surface area contributed by atoms with E-state index in [0.717, 1.165) is 34.7 Å². The van der Waals surface area contributed by atoms with Gasteiger partial charge in [0, 0.05) is 29.1 Å². The van der Waals surface area contributed by atoms with Crippen LogP contribution in [0, 0.1) is 6.92 Å². The summed E-state index contributed by atoms with van der Waals surface area (Å²) in [6.45, 7) is 5.23. The molecule has 0 atom stereocenters. The van der Waals surface area contributed by atoms with Crippen molar-refractivity contribution >= 4 is 17.5 Å². The van der Waals surface area contributed by atoms with Crippen LogP contribution in [-0.4, -0.2) is 41.1 Å². The predicted octanol–water partition coefficient (Wildman–Crippen LogP) is 3.87. The fourth-order valence-electron chi connectivity index (χ4n) is 3.72. The molecule has 3 N–H and O–H groups in total. The Morgan fingerprint density at radius 2 is 1.74 bits per heavy atom. The van der Waals surface area contributed by atoms with Crippen LogP contribution < -0.4 is 14.8 Å². The Bertz CT molecular complexity index is 1070. The molecule has 0 radical (unpaired) electrons. The molecule has 1 aromatic carbocycles. The van der Waals surface area contributed by atoms with E-state index in [9.17, 15) is 9.59 Å². The summed E-state index contributed by atoms with van der Waals surface area (Å²) in [5.41, 5.74) is 4.38. The first-order chi connectivity index (χ1) is 14.9. The number of ketones is 1. The average molecular weight is 425 g/mol. The molecule has 2 heterocycles. The minimum absolute atomic E-state index is 0.0547. The number of nitrogens with zero attached hydrogens (tertiary/aromatic N) is 1. The lowest BCUT2D eigenvalue weighted by Crippen LogP contribution is -2.15. The number of hydrogen-bond donors (Lipinski definition) is 3.